The summed E-state index contributed by atoms with van der Waals surface area (Å²) in [5.41, 5.74) is 0.749. The van der Waals surface area contributed by atoms with Crippen LogP contribution in [0.5, 0.6) is 0 Å². The highest BCUT2D eigenvalue weighted by Crippen LogP contribution is 2.38. The van der Waals surface area contributed by atoms with Gasteiger partial charge in [0.15, 0.2) is 6.23 Å². The van der Waals surface area contributed by atoms with Crippen molar-refractivity contribution in [2.45, 2.75) is 57.1 Å². The number of ether oxygens (including phenoxy) is 1. The van der Waals surface area contributed by atoms with Crippen LogP contribution in [0.1, 0.15) is 38.1 Å². The van der Waals surface area contributed by atoms with Gasteiger partial charge in [0.05, 0.1) is 18.5 Å². The van der Waals surface area contributed by atoms with Gasteiger partial charge in [0.2, 0.25) is 0 Å². The van der Waals surface area contributed by atoms with E-state index < -0.39 is 39.0 Å². The van der Waals surface area contributed by atoms with Crippen molar-refractivity contribution in [3.8, 4) is 0 Å². The molecule has 0 saturated carbocycles. The highest BCUT2D eigenvalue weighted by atomic mass is 31.2. The molecule has 0 unspecified atom stereocenters. The Morgan fingerprint density at radius 2 is 2.09 bits per heavy atom. The fourth-order valence-electron chi connectivity index (χ4n) is 2.36. The molecule has 2 rings (SSSR count). The van der Waals surface area contributed by atoms with Crippen molar-refractivity contribution in [1.29, 1.82) is 0 Å². The number of phosphoric ester groups is 1. The molecule has 0 spiro atoms. The minimum atomic E-state index is -4.68. The lowest BCUT2D eigenvalue weighted by molar-refractivity contribution is -0.0586. The van der Waals surface area contributed by atoms with Gasteiger partial charge in [-0.05, 0) is 12.8 Å². The number of aryl methyl sites for hydroxylation is 1. The standard InChI is InChI=1S/C12H22N3O7P/c1-2-3-4-5-8-6-15(14-13-8)12-11(17)10(16)9(22-12)7-21-23(18,19)20/h6,9-12,16-17H,2-5,7H2,1H3,(H2,18,19,20)/t9-,10-,11-,12-/m1/s1. The Kier molecular flexibility index (Phi) is 6.26. The number of hydrogen-bond donors (Lipinski definition) is 4. The summed E-state index contributed by atoms with van der Waals surface area (Å²) < 4.78 is 21.7. The van der Waals surface area contributed by atoms with Gasteiger partial charge in [0.1, 0.15) is 18.3 Å². The Hall–Kier alpha value is -0.870. The van der Waals surface area contributed by atoms with Crippen molar-refractivity contribution in [2.24, 2.45) is 0 Å². The molecular formula is C12H22N3O7P. The van der Waals surface area contributed by atoms with Crippen molar-refractivity contribution >= 4 is 7.82 Å². The number of phosphoric acid groups is 1. The first-order valence-corrected chi connectivity index (χ1v) is 8.97. The van der Waals surface area contributed by atoms with Gasteiger partial charge in [0, 0.05) is 0 Å². The summed E-state index contributed by atoms with van der Waals surface area (Å²) in [7, 11) is -4.68. The molecule has 1 aliphatic rings. The molecule has 1 fully saturated rings. The summed E-state index contributed by atoms with van der Waals surface area (Å²) in [4.78, 5) is 17.4. The predicted molar refractivity (Wildman–Crippen MR) is 77.2 cm³/mol. The van der Waals surface area contributed by atoms with E-state index in [0.717, 1.165) is 31.4 Å². The normalized spacial score (nSPS) is 28.4. The second-order valence-corrected chi connectivity index (χ2v) is 6.72. The first kappa shape index (κ1) is 18.5. The largest absolute Gasteiger partial charge is 0.469 e. The molecule has 1 aromatic heterocycles. The zero-order valence-corrected chi connectivity index (χ0v) is 13.6. The summed E-state index contributed by atoms with van der Waals surface area (Å²) in [6.07, 6.45) is 0.821. The van der Waals surface area contributed by atoms with Crippen LogP contribution in [0.2, 0.25) is 0 Å². The van der Waals surface area contributed by atoms with Crippen LogP contribution in [-0.4, -0.2) is 59.9 Å². The molecule has 1 aromatic rings. The molecule has 1 saturated heterocycles. The van der Waals surface area contributed by atoms with Crippen LogP contribution in [-0.2, 0) is 20.2 Å². The number of hydrogen-bond acceptors (Lipinski definition) is 7. The quantitative estimate of drug-likeness (QED) is 0.367. The predicted octanol–water partition coefficient (Wildman–Crippen LogP) is -0.261. The molecule has 132 valence electrons. The number of aromatic nitrogens is 3. The van der Waals surface area contributed by atoms with Crippen LogP contribution >= 0.6 is 7.82 Å². The molecule has 0 radical (unpaired) electrons. The van der Waals surface area contributed by atoms with E-state index in [0.29, 0.717) is 0 Å². The van der Waals surface area contributed by atoms with Crippen LogP contribution in [0.4, 0.5) is 0 Å². The van der Waals surface area contributed by atoms with E-state index in [-0.39, 0.29) is 0 Å². The van der Waals surface area contributed by atoms with Gasteiger partial charge < -0.3 is 24.7 Å². The number of unbranched alkanes of at least 4 members (excludes halogenated alkanes) is 2. The molecule has 0 aromatic carbocycles. The monoisotopic (exact) mass is 351 g/mol. The molecule has 0 bridgehead atoms. The van der Waals surface area contributed by atoms with Gasteiger partial charge in [0.25, 0.3) is 0 Å². The Labute approximate surface area is 133 Å². The zero-order valence-electron chi connectivity index (χ0n) is 12.7. The molecule has 11 heteroatoms. The van der Waals surface area contributed by atoms with Crippen LogP contribution < -0.4 is 0 Å². The third-order valence-electron chi connectivity index (χ3n) is 3.60. The van der Waals surface area contributed by atoms with Crippen LogP contribution in [0.3, 0.4) is 0 Å². The fraction of sp³-hybridized carbons (Fsp3) is 0.833. The number of aliphatic hydroxyl groups is 2. The molecule has 4 atom stereocenters. The maximum absolute atomic E-state index is 10.7. The third kappa shape index (κ3) is 5.05. The SMILES string of the molecule is CCCCCc1cn([C@@H]2O[C@H](COP(=O)(O)O)[C@@H](O)[C@H]2O)nn1. The van der Waals surface area contributed by atoms with Crippen molar-refractivity contribution in [3.05, 3.63) is 11.9 Å². The summed E-state index contributed by atoms with van der Waals surface area (Å²) in [5, 5.41) is 27.8. The lowest BCUT2D eigenvalue weighted by Gasteiger charge is -2.14. The van der Waals surface area contributed by atoms with Crippen LogP contribution in [0.15, 0.2) is 6.20 Å². The fourth-order valence-corrected chi connectivity index (χ4v) is 2.71. The Bertz CT molecular complexity index is 549. The van der Waals surface area contributed by atoms with Gasteiger partial charge in [-0.25, -0.2) is 9.25 Å². The second kappa shape index (κ2) is 7.80. The van der Waals surface area contributed by atoms with E-state index in [9.17, 15) is 14.8 Å². The van der Waals surface area contributed by atoms with Gasteiger partial charge in [-0.15, -0.1) is 5.10 Å². The second-order valence-electron chi connectivity index (χ2n) is 5.48. The van der Waals surface area contributed by atoms with Gasteiger partial charge in [-0.3, -0.25) is 4.52 Å². The summed E-state index contributed by atoms with van der Waals surface area (Å²) in [6.45, 7) is 1.55. The Balaban J connectivity index is 1.96. The molecule has 2 heterocycles. The topological polar surface area (TPSA) is 147 Å². The van der Waals surface area contributed by atoms with Crippen LogP contribution in [0, 0.1) is 0 Å². The van der Waals surface area contributed by atoms with Crippen molar-refractivity contribution in [3.63, 3.8) is 0 Å². The summed E-state index contributed by atoms with van der Waals surface area (Å²) >= 11 is 0. The lowest BCUT2D eigenvalue weighted by Crippen LogP contribution is -2.33. The minimum Gasteiger partial charge on any atom is -0.387 e. The van der Waals surface area contributed by atoms with Crippen molar-refractivity contribution in [2.75, 3.05) is 6.61 Å². The average molecular weight is 351 g/mol. The van der Waals surface area contributed by atoms with E-state index in [2.05, 4.69) is 21.8 Å². The molecule has 1 aliphatic heterocycles. The Morgan fingerprint density at radius 3 is 2.74 bits per heavy atom. The smallest absolute Gasteiger partial charge is 0.387 e. The number of aliphatic hydroxyl groups excluding tert-OH is 2. The molecule has 0 amide bonds. The maximum atomic E-state index is 10.7. The van der Waals surface area contributed by atoms with E-state index in [4.69, 9.17) is 14.5 Å². The van der Waals surface area contributed by atoms with Crippen molar-refractivity contribution in [1.82, 2.24) is 15.0 Å². The molecule has 10 nitrogen and oxygen atoms in total. The van der Waals surface area contributed by atoms with Gasteiger partial charge in [-0.1, -0.05) is 25.0 Å². The third-order valence-corrected chi connectivity index (χ3v) is 4.08. The Morgan fingerprint density at radius 1 is 1.35 bits per heavy atom. The highest BCUT2D eigenvalue weighted by Gasteiger charge is 2.45. The van der Waals surface area contributed by atoms with Crippen LogP contribution in [0.25, 0.3) is 0 Å². The average Bonchev–Trinajstić information content (AvgIpc) is 3.04. The van der Waals surface area contributed by atoms with E-state index in [1.54, 1.807) is 6.20 Å². The van der Waals surface area contributed by atoms with E-state index in [1.165, 1.54) is 4.68 Å². The number of rotatable bonds is 8. The van der Waals surface area contributed by atoms with Gasteiger partial charge >= 0.3 is 7.82 Å². The van der Waals surface area contributed by atoms with Gasteiger partial charge in [-0.2, -0.15) is 0 Å². The highest BCUT2D eigenvalue weighted by molar-refractivity contribution is 7.46. The first-order valence-electron chi connectivity index (χ1n) is 7.44. The zero-order chi connectivity index (χ0) is 17.0. The first-order chi connectivity index (χ1) is 10.8. The number of nitrogens with zero attached hydrogens (tertiary/aromatic N) is 3. The molecule has 0 aliphatic carbocycles. The maximum Gasteiger partial charge on any atom is 0.469 e. The molecular weight excluding hydrogens is 329 g/mol. The summed E-state index contributed by atoms with van der Waals surface area (Å²) in [5.74, 6) is 0. The molecule has 4 N–H and O–H groups in total. The van der Waals surface area contributed by atoms with E-state index >= 15 is 0 Å². The molecule has 23 heavy (non-hydrogen) atoms. The van der Waals surface area contributed by atoms with Crippen molar-refractivity contribution < 1.29 is 33.8 Å². The minimum absolute atomic E-state index is 0.545. The summed E-state index contributed by atoms with van der Waals surface area (Å²) in [6, 6.07) is 0. The lowest BCUT2D eigenvalue weighted by atomic mass is 10.1. The van der Waals surface area contributed by atoms with E-state index in [1.807, 2.05) is 0 Å².